The summed E-state index contributed by atoms with van der Waals surface area (Å²) in [6.07, 6.45) is 2.11. The molecule has 3 atom stereocenters. The number of fused-ring (bicyclic) bond motifs is 3. The Balaban J connectivity index is 1.41. The lowest BCUT2D eigenvalue weighted by Crippen LogP contribution is -2.32. The van der Waals surface area contributed by atoms with Crippen LogP contribution in [0.1, 0.15) is 27.5 Å². The third-order valence-corrected chi connectivity index (χ3v) is 10.0. The van der Waals surface area contributed by atoms with Gasteiger partial charge < -0.3 is 4.57 Å². The Bertz CT molecular complexity index is 1750. The van der Waals surface area contributed by atoms with Crippen molar-refractivity contribution in [3.05, 3.63) is 122 Å². The molecule has 2 aliphatic heterocycles. The van der Waals surface area contributed by atoms with E-state index < -0.39 is 11.2 Å². The number of benzene rings is 3. The number of nitrogens with zero attached hydrogens (tertiary/aromatic N) is 2. The minimum atomic E-state index is -0.577. The van der Waals surface area contributed by atoms with Crippen molar-refractivity contribution < 1.29 is 9.59 Å². The predicted octanol–water partition coefficient (Wildman–Crippen LogP) is 4.84. The molecule has 0 unspecified atom stereocenters. The van der Waals surface area contributed by atoms with E-state index in [0.717, 1.165) is 31.9 Å². The molecule has 188 valence electrons. The first-order valence-corrected chi connectivity index (χ1v) is 14.2. The van der Waals surface area contributed by atoms with Crippen LogP contribution in [0.15, 0.2) is 101 Å². The molecule has 2 aliphatic rings. The summed E-state index contributed by atoms with van der Waals surface area (Å²) in [5, 5.41) is 3.82. The average molecular weight is 538 g/mol. The summed E-state index contributed by atoms with van der Waals surface area (Å²) in [4.78, 5) is 40.3. The molecular weight excluding hydrogens is 514 g/mol. The van der Waals surface area contributed by atoms with Crippen LogP contribution in [0.2, 0.25) is 0 Å². The first kappa shape index (κ1) is 23.3. The molecule has 1 saturated heterocycles. The number of thiazole rings is 1. The van der Waals surface area contributed by atoms with E-state index in [1.807, 2.05) is 60.7 Å². The molecule has 8 heteroatoms. The number of aromatic nitrogens is 2. The molecule has 4 heterocycles. The zero-order valence-electron chi connectivity index (χ0n) is 20.2. The molecule has 1 fully saturated rings. The normalized spacial score (nSPS) is 20.4. The van der Waals surface area contributed by atoms with Crippen molar-refractivity contribution in [2.45, 2.75) is 29.3 Å². The third-order valence-electron chi connectivity index (χ3n) is 7.42. The van der Waals surface area contributed by atoms with Gasteiger partial charge in [-0.2, -0.15) is 0 Å². The van der Waals surface area contributed by atoms with E-state index in [0.29, 0.717) is 13.1 Å². The van der Waals surface area contributed by atoms with Crippen molar-refractivity contribution in [2.75, 3.05) is 0 Å². The molecule has 1 N–H and O–H groups in total. The number of thioether (sulfide) groups is 1. The minimum Gasteiger partial charge on any atom is -0.343 e. The maximum Gasteiger partial charge on any atom is 0.308 e. The van der Waals surface area contributed by atoms with E-state index in [2.05, 4.69) is 40.3 Å². The van der Waals surface area contributed by atoms with Gasteiger partial charge in [0.1, 0.15) is 5.25 Å². The molecule has 7 rings (SSSR count). The van der Waals surface area contributed by atoms with E-state index in [1.54, 1.807) is 4.57 Å². The Morgan fingerprint density at radius 1 is 0.763 bits per heavy atom. The first-order valence-electron chi connectivity index (χ1n) is 12.5. The largest absolute Gasteiger partial charge is 0.343 e. The van der Waals surface area contributed by atoms with Gasteiger partial charge in [0.15, 0.2) is 0 Å². The van der Waals surface area contributed by atoms with Crippen LogP contribution >= 0.6 is 23.1 Å². The first-order chi connectivity index (χ1) is 18.6. The number of hydrogen-bond donors (Lipinski definition) is 1. The highest BCUT2D eigenvalue weighted by atomic mass is 32.2. The molecule has 5 aromatic rings. The van der Waals surface area contributed by atoms with Crippen LogP contribution in [0.5, 0.6) is 0 Å². The summed E-state index contributed by atoms with van der Waals surface area (Å²) in [5.74, 6) is -1.50. The second kappa shape index (κ2) is 9.15. The molecule has 6 nitrogen and oxygen atoms in total. The van der Waals surface area contributed by atoms with Crippen LogP contribution in [-0.2, 0) is 22.7 Å². The molecule has 38 heavy (non-hydrogen) atoms. The van der Waals surface area contributed by atoms with Gasteiger partial charge >= 0.3 is 4.87 Å². The second-order valence-corrected chi connectivity index (χ2v) is 11.8. The Labute approximate surface area is 226 Å². The van der Waals surface area contributed by atoms with E-state index >= 15 is 0 Å². The maximum absolute atomic E-state index is 13.4. The van der Waals surface area contributed by atoms with Crippen molar-refractivity contribution in [1.29, 1.82) is 0 Å². The molecule has 0 aliphatic carbocycles. The van der Waals surface area contributed by atoms with Crippen LogP contribution in [0.4, 0.5) is 0 Å². The van der Waals surface area contributed by atoms with Gasteiger partial charge in [0.25, 0.3) is 0 Å². The zero-order valence-corrected chi connectivity index (χ0v) is 21.9. The summed E-state index contributed by atoms with van der Waals surface area (Å²) in [5.41, 5.74) is 4.22. The maximum atomic E-state index is 13.4. The fraction of sp³-hybridized carbons (Fsp3) is 0.167. The second-order valence-electron chi connectivity index (χ2n) is 9.72. The van der Waals surface area contributed by atoms with Crippen LogP contribution < -0.4 is 10.2 Å². The van der Waals surface area contributed by atoms with Crippen LogP contribution in [0.25, 0.3) is 10.9 Å². The molecule has 0 spiro atoms. The van der Waals surface area contributed by atoms with Crippen molar-refractivity contribution in [2.24, 2.45) is 5.92 Å². The van der Waals surface area contributed by atoms with Crippen LogP contribution in [0.3, 0.4) is 0 Å². The zero-order chi connectivity index (χ0) is 25.8. The van der Waals surface area contributed by atoms with Crippen molar-refractivity contribution in [3.63, 3.8) is 0 Å². The van der Waals surface area contributed by atoms with E-state index in [1.165, 1.54) is 28.7 Å². The standard InChI is InChI=1S/C30H23N3O3S2/c34-27-24-23(21-17-32(15-18-9-3-1-4-10-18)22-14-8-7-13-20(21)22)26-29(37-25(24)28(35)31-27)33(30(36)38-26)16-19-11-5-2-6-12-19/h1-14,17,23-25H,15-16H2,(H,31,34,35)/t23-,24-,25-/m0/s1. The molecule has 0 radical (unpaired) electrons. The van der Waals surface area contributed by atoms with Crippen molar-refractivity contribution in [1.82, 2.24) is 14.5 Å². The quantitative estimate of drug-likeness (QED) is 0.326. The topological polar surface area (TPSA) is 73.1 Å². The van der Waals surface area contributed by atoms with Crippen LogP contribution in [0, 0.1) is 5.92 Å². The highest BCUT2D eigenvalue weighted by Crippen LogP contribution is 2.53. The van der Waals surface area contributed by atoms with Gasteiger partial charge in [-0.25, -0.2) is 0 Å². The van der Waals surface area contributed by atoms with Crippen LogP contribution in [-0.4, -0.2) is 26.2 Å². The highest BCUT2D eigenvalue weighted by Gasteiger charge is 2.53. The molecule has 0 saturated carbocycles. The minimum absolute atomic E-state index is 0.0720. The number of rotatable bonds is 5. The van der Waals surface area contributed by atoms with Gasteiger partial charge in [-0.3, -0.25) is 24.3 Å². The van der Waals surface area contributed by atoms with Gasteiger partial charge in [0.05, 0.1) is 17.5 Å². The summed E-state index contributed by atoms with van der Waals surface area (Å²) >= 11 is 2.55. The lowest BCUT2D eigenvalue weighted by atomic mass is 9.83. The summed E-state index contributed by atoms with van der Waals surface area (Å²) in [6.45, 7) is 1.11. The average Bonchev–Trinajstić information content (AvgIpc) is 3.55. The van der Waals surface area contributed by atoms with Gasteiger partial charge in [0.2, 0.25) is 11.8 Å². The summed E-state index contributed by atoms with van der Waals surface area (Å²) in [6, 6.07) is 28.3. The monoisotopic (exact) mass is 537 g/mol. The van der Waals surface area contributed by atoms with Crippen molar-refractivity contribution in [3.8, 4) is 0 Å². The Morgan fingerprint density at radius 2 is 1.42 bits per heavy atom. The van der Waals surface area contributed by atoms with Gasteiger partial charge in [0, 0.05) is 34.4 Å². The number of carbonyl (C=O) groups is 2. The number of imide groups is 1. The Morgan fingerprint density at radius 3 is 2.16 bits per heavy atom. The molecule has 0 bridgehead atoms. The fourth-order valence-corrected chi connectivity index (χ4v) is 8.44. The number of para-hydroxylation sites is 1. The molecule has 2 aromatic heterocycles. The SMILES string of the molecule is O=C1NC(=O)[C@H]2Sc3c(sc(=O)n3Cc3ccccc3)[C@@H](c3cn(Cc4ccccc4)c4ccccc34)[C@H]12. The lowest BCUT2D eigenvalue weighted by Gasteiger charge is -2.30. The number of amides is 2. The molecular formula is C30H23N3O3S2. The fourth-order valence-electron chi connectivity index (χ4n) is 5.71. The van der Waals surface area contributed by atoms with E-state index in [-0.39, 0.29) is 22.6 Å². The molecule has 3 aromatic carbocycles. The van der Waals surface area contributed by atoms with E-state index in [9.17, 15) is 14.4 Å². The van der Waals surface area contributed by atoms with E-state index in [4.69, 9.17) is 0 Å². The third kappa shape index (κ3) is 3.75. The van der Waals surface area contributed by atoms with Gasteiger partial charge in [-0.05, 0) is 22.8 Å². The number of hydrogen-bond acceptors (Lipinski definition) is 5. The lowest BCUT2D eigenvalue weighted by molar-refractivity contribution is -0.125. The predicted molar refractivity (Wildman–Crippen MR) is 150 cm³/mol. The summed E-state index contributed by atoms with van der Waals surface area (Å²) in [7, 11) is 0. The highest BCUT2D eigenvalue weighted by molar-refractivity contribution is 8.00. The Hall–Kier alpha value is -3.88. The van der Waals surface area contributed by atoms with Gasteiger partial charge in [-0.15, -0.1) is 0 Å². The number of nitrogens with one attached hydrogen (secondary N) is 1. The van der Waals surface area contributed by atoms with Gasteiger partial charge in [-0.1, -0.05) is 102 Å². The van der Waals surface area contributed by atoms with Crippen molar-refractivity contribution >= 4 is 45.8 Å². The number of carbonyl (C=O) groups excluding carboxylic acids is 2. The summed E-state index contributed by atoms with van der Waals surface area (Å²) < 4.78 is 3.97. The smallest absolute Gasteiger partial charge is 0.308 e. The molecule has 2 amide bonds. The Kier molecular flexibility index (Phi) is 5.60.